The molecule has 0 spiro atoms. The number of carbonyl (C=O) groups is 2. The Morgan fingerprint density at radius 1 is 1.10 bits per heavy atom. The maximum Gasteiger partial charge on any atom is 0.573 e. The molecule has 4 aromatic rings. The zero-order valence-electron chi connectivity index (χ0n) is 15.5. The van der Waals surface area contributed by atoms with Crippen molar-refractivity contribution < 1.29 is 27.5 Å². The zero-order valence-corrected chi connectivity index (χ0v) is 15.5. The third-order valence-corrected chi connectivity index (χ3v) is 4.18. The van der Waals surface area contributed by atoms with Crippen LogP contribution < -0.4 is 15.8 Å². The Kier molecular flexibility index (Phi) is 4.81. The van der Waals surface area contributed by atoms with Gasteiger partial charge in [-0.2, -0.15) is 0 Å². The molecule has 0 aliphatic carbocycles. The Bertz CT molecular complexity index is 1260. The Labute approximate surface area is 171 Å². The first kappa shape index (κ1) is 19.9. The summed E-state index contributed by atoms with van der Waals surface area (Å²) in [5.74, 6) is -2.38. The molecule has 9 nitrogen and oxygen atoms in total. The quantitative estimate of drug-likeness (QED) is 0.449. The molecule has 0 atom stereocenters. The van der Waals surface area contributed by atoms with Crippen molar-refractivity contribution in [1.82, 2.24) is 19.5 Å². The Morgan fingerprint density at radius 2 is 1.81 bits per heavy atom. The number of H-pyrrole nitrogens is 1. The summed E-state index contributed by atoms with van der Waals surface area (Å²) in [5, 5.41) is 2.26. The van der Waals surface area contributed by atoms with Crippen LogP contribution >= 0.6 is 0 Å². The van der Waals surface area contributed by atoms with Gasteiger partial charge in [0.1, 0.15) is 12.0 Å². The molecule has 0 bridgehead atoms. The van der Waals surface area contributed by atoms with E-state index in [-0.39, 0.29) is 17.3 Å². The highest BCUT2D eigenvalue weighted by atomic mass is 19.4. The molecule has 0 saturated carbocycles. The van der Waals surface area contributed by atoms with E-state index in [0.29, 0.717) is 11.0 Å². The van der Waals surface area contributed by atoms with Crippen molar-refractivity contribution in [3.8, 4) is 11.7 Å². The van der Waals surface area contributed by atoms with E-state index in [0.717, 1.165) is 12.4 Å². The second kappa shape index (κ2) is 7.48. The van der Waals surface area contributed by atoms with Crippen LogP contribution in [0.25, 0.3) is 17.0 Å². The summed E-state index contributed by atoms with van der Waals surface area (Å²) in [6, 6.07) is 12.0. The van der Waals surface area contributed by atoms with Crippen LogP contribution in [0.15, 0.2) is 54.9 Å². The fourth-order valence-electron chi connectivity index (χ4n) is 2.93. The van der Waals surface area contributed by atoms with Crippen molar-refractivity contribution in [1.29, 1.82) is 0 Å². The lowest BCUT2D eigenvalue weighted by atomic mass is 10.2. The lowest BCUT2D eigenvalue weighted by molar-refractivity contribution is -0.274. The predicted molar refractivity (Wildman–Crippen MR) is 103 cm³/mol. The molecular weight excluding hydrogens is 417 g/mol. The number of ether oxygens (including phenoxy) is 1. The summed E-state index contributed by atoms with van der Waals surface area (Å²) in [6.07, 6.45) is -3.80. The Balaban J connectivity index is 1.70. The van der Waals surface area contributed by atoms with Crippen molar-refractivity contribution in [3.63, 3.8) is 0 Å². The average Bonchev–Trinajstić information content (AvgIpc) is 3.32. The van der Waals surface area contributed by atoms with Crippen LogP contribution in [0.1, 0.15) is 21.0 Å². The number of benzene rings is 2. The summed E-state index contributed by atoms with van der Waals surface area (Å²) in [7, 11) is 0. The van der Waals surface area contributed by atoms with Crippen LogP contribution in [0.3, 0.4) is 0 Å². The molecule has 4 rings (SSSR count). The minimum atomic E-state index is -4.96. The van der Waals surface area contributed by atoms with Gasteiger partial charge in [-0.1, -0.05) is 24.3 Å². The number of aromatic nitrogens is 4. The molecule has 0 aliphatic heterocycles. The van der Waals surface area contributed by atoms with Crippen molar-refractivity contribution in [3.05, 3.63) is 66.2 Å². The largest absolute Gasteiger partial charge is 0.573 e. The number of rotatable bonds is 5. The van der Waals surface area contributed by atoms with Crippen LogP contribution in [0.5, 0.6) is 5.75 Å². The van der Waals surface area contributed by atoms with E-state index in [2.05, 4.69) is 25.0 Å². The molecule has 0 radical (unpaired) electrons. The van der Waals surface area contributed by atoms with Crippen LogP contribution in [-0.2, 0) is 0 Å². The molecule has 0 saturated heterocycles. The topological polar surface area (TPSA) is 128 Å². The molecule has 2 aromatic carbocycles. The first-order valence-electron chi connectivity index (χ1n) is 8.71. The number of alkyl halides is 3. The highest BCUT2D eigenvalue weighted by Gasteiger charge is 2.32. The molecule has 0 aliphatic rings. The number of imidazole rings is 2. The second-order valence-corrected chi connectivity index (χ2v) is 6.25. The van der Waals surface area contributed by atoms with Gasteiger partial charge in [0.15, 0.2) is 11.4 Å². The van der Waals surface area contributed by atoms with E-state index in [1.54, 1.807) is 24.3 Å². The number of anilines is 1. The van der Waals surface area contributed by atoms with Crippen molar-refractivity contribution >= 4 is 28.5 Å². The number of aromatic amines is 1. The third kappa shape index (κ3) is 4.03. The maximum absolute atomic E-state index is 12.7. The Morgan fingerprint density at radius 3 is 2.52 bits per heavy atom. The number of para-hydroxylation sites is 4. The number of nitrogens with two attached hydrogens (primary N) is 1. The van der Waals surface area contributed by atoms with Crippen LogP contribution in [0, 0.1) is 0 Å². The van der Waals surface area contributed by atoms with E-state index in [1.165, 1.54) is 22.8 Å². The van der Waals surface area contributed by atoms with Crippen LogP contribution in [-0.4, -0.2) is 37.7 Å². The van der Waals surface area contributed by atoms with Gasteiger partial charge in [-0.25, -0.2) is 9.97 Å². The lowest BCUT2D eigenvalue weighted by Crippen LogP contribution is -2.24. The van der Waals surface area contributed by atoms with Crippen molar-refractivity contribution in [2.45, 2.75) is 6.36 Å². The van der Waals surface area contributed by atoms with E-state index >= 15 is 0 Å². The molecule has 12 heteroatoms. The van der Waals surface area contributed by atoms with E-state index in [4.69, 9.17) is 5.73 Å². The van der Waals surface area contributed by atoms with Gasteiger partial charge in [0.25, 0.3) is 11.8 Å². The van der Waals surface area contributed by atoms with E-state index < -0.39 is 29.6 Å². The summed E-state index contributed by atoms with van der Waals surface area (Å²) in [4.78, 5) is 36.0. The number of nitrogens with one attached hydrogen (secondary N) is 2. The second-order valence-electron chi connectivity index (χ2n) is 6.25. The summed E-state index contributed by atoms with van der Waals surface area (Å²) >= 11 is 0. The lowest BCUT2D eigenvalue weighted by Gasteiger charge is -2.13. The number of hydrogen-bond donors (Lipinski definition) is 3. The summed E-state index contributed by atoms with van der Waals surface area (Å²) in [5.41, 5.74) is 5.76. The molecule has 158 valence electrons. The first-order valence-corrected chi connectivity index (χ1v) is 8.71. The van der Waals surface area contributed by atoms with Gasteiger partial charge >= 0.3 is 6.36 Å². The number of nitrogens with zero attached hydrogens (tertiary/aromatic N) is 3. The number of carbonyl (C=O) groups excluding carboxylic acids is 2. The van der Waals surface area contributed by atoms with Gasteiger partial charge in [-0.05, 0) is 24.3 Å². The fourth-order valence-corrected chi connectivity index (χ4v) is 2.93. The average molecular weight is 430 g/mol. The molecule has 0 fully saturated rings. The number of amides is 2. The molecule has 2 amide bonds. The molecule has 0 unspecified atom stereocenters. The molecule has 31 heavy (non-hydrogen) atoms. The van der Waals surface area contributed by atoms with Gasteiger partial charge in [0, 0.05) is 0 Å². The fraction of sp³-hybridized carbons (Fsp3) is 0.0526. The predicted octanol–water partition coefficient (Wildman–Crippen LogP) is 3.00. The first-order chi connectivity index (χ1) is 14.7. The highest BCUT2D eigenvalue weighted by molar-refractivity contribution is 6.10. The maximum atomic E-state index is 12.7. The highest BCUT2D eigenvalue weighted by Crippen LogP contribution is 2.30. The zero-order chi connectivity index (χ0) is 22.2. The monoisotopic (exact) mass is 430 g/mol. The molecule has 4 N–H and O–H groups in total. The summed E-state index contributed by atoms with van der Waals surface area (Å²) < 4.78 is 42.9. The normalized spacial score (nSPS) is 11.5. The smallest absolute Gasteiger partial charge is 0.404 e. The van der Waals surface area contributed by atoms with Crippen LogP contribution in [0.4, 0.5) is 18.9 Å². The number of halogens is 3. The van der Waals surface area contributed by atoms with Crippen LogP contribution in [0.2, 0.25) is 0 Å². The summed E-state index contributed by atoms with van der Waals surface area (Å²) in [6.45, 7) is 0. The standard InChI is InChI=1S/C19H13F3N6O3/c20-19(21,22)31-13-8-4-3-7-12(13)25-17(30)14-15(16(23)29)28(9-24-14)18-26-10-5-1-2-6-11(10)27-18/h1-9H,(H2,23,29)(H,25,30)(H,26,27). The van der Waals surface area contributed by atoms with E-state index in [1.807, 2.05) is 0 Å². The SMILES string of the molecule is NC(=O)c1c(C(=O)Nc2ccccc2OC(F)(F)F)ncn1-c1nc2ccccc2[nH]1. The van der Waals surface area contributed by atoms with Crippen molar-refractivity contribution in [2.75, 3.05) is 5.32 Å². The van der Waals surface area contributed by atoms with Crippen molar-refractivity contribution in [2.24, 2.45) is 5.73 Å². The van der Waals surface area contributed by atoms with Gasteiger partial charge in [-0.3, -0.25) is 14.2 Å². The molecule has 2 aromatic heterocycles. The van der Waals surface area contributed by atoms with E-state index in [9.17, 15) is 22.8 Å². The molecule has 2 heterocycles. The third-order valence-electron chi connectivity index (χ3n) is 4.18. The number of fused-ring (bicyclic) bond motifs is 1. The molecular formula is C19H13F3N6O3. The minimum absolute atomic E-state index is 0.183. The number of primary amides is 1. The van der Waals surface area contributed by atoms with Gasteiger partial charge in [0.05, 0.1) is 16.7 Å². The Hall–Kier alpha value is -4.35. The van der Waals surface area contributed by atoms with Gasteiger partial charge in [-0.15, -0.1) is 13.2 Å². The van der Waals surface area contributed by atoms with Gasteiger partial charge < -0.3 is 20.8 Å². The number of hydrogen-bond acceptors (Lipinski definition) is 5. The van der Waals surface area contributed by atoms with Gasteiger partial charge in [0.2, 0.25) is 5.95 Å². The minimum Gasteiger partial charge on any atom is -0.404 e.